The lowest BCUT2D eigenvalue weighted by molar-refractivity contribution is -0.136. The van der Waals surface area contributed by atoms with Crippen molar-refractivity contribution < 1.29 is 13.9 Å². The minimum atomic E-state index is -0.498. The summed E-state index contributed by atoms with van der Waals surface area (Å²) in [5.41, 5.74) is 1.91. The van der Waals surface area contributed by atoms with Crippen LogP contribution in [0.5, 0.6) is 0 Å². The Labute approximate surface area is 126 Å². The number of nitrogens with one attached hydrogen (secondary N) is 1. The Kier molecular flexibility index (Phi) is 3.62. The van der Waals surface area contributed by atoms with Crippen LogP contribution >= 0.6 is 0 Å². The lowest BCUT2D eigenvalue weighted by Crippen LogP contribution is -2.30. The summed E-state index contributed by atoms with van der Waals surface area (Å²) in [5.74, 6) is -0.241. The van der Waals surface area contributed by atoms with E-state index >= 15 is 0 Å². The first-order valence-corrected chi connectivity index (χ1v) is 6.89. The number of allylic oxidation sites excluding steroid dienone is 1. The van der Waals surface area contributed by atoms with Crippen molar-refractivity contribution in [1.29, 1.82) is 0 Å². The molecule has 2 heterocycles. The number of fused-ring (bicyclic) bond motifs is 1. The van der Waals surface area contributed by atoms with Crippen molar-refractivity contribution in [2.24, 2.45) is 0 Å². The van der Waals surface area contributed by atoms with Crippen LogP contribution in [0.2, 0.25) is 0 Å². The third-order valence-corrected chi connectivity index (χ3v) is 3.62. The molecule has 1 unspecified atom stereocenters. The summed E-state index contributed by atoms with van der Waals surface area (Å²) < 4.78 is 19.7. The summed E-state index contributed by atoms with van der Waals surface area (Å²) in [5, 5.41) is 7.28. The van der Waals surface area contributed by atoms with Crippen LogP contribution < -0.4 is 5.32 Å². The number of carbonyl (C=O) groups is 1. The molecular formula is C15H15FN4O2. The fraction of sp³-hybridized carbons (Fsp3) is 0.267. The minimum Gasteiger partial charge on any atom is -0.466 e. The highest BCUT2D eigenvalue weighted by atomic mass is 19.1. The summed E-state index contributed by atoms with van der Waals surface area (Å²) in [7, 11) is 1.33. The Morgan fingerprint density at radius 3 is 2.77 bits per heavy atom. The highest BCUT2D eigenvalue weighted by molar-refractivity contribution is 5.92. The largest absolute Gasteiger partial charge is 0.466 e. The molecule has 1 atom stereocenters. The number of hydrogen-bond donors (Lipinski definition) is 1. The molecule has 0 amide bonds. The predicted octanol–water partition coefficient (Wildman–Crippen LogP) is 2.27. The molecular weight excluding hydrogens is 287 g/mol. The number of ether oxygens (including phenoxy) is 1. The molecule has 22 heavy (non-hydrogen) atoms. The maximum absolute atomic E-state index is 13.2. The van der Waals surface area contributed by atoms with E-state index in [1.54, 1.807) is 16.8 Å². The molecule has 0 fully saturated rings. The van der Waals surface area contributed by atoms with Crippen molar-refractivity contribution in [2.45, 2.75) is 19.4 Å². The number of halogens is 1. The molecule has 1 N–H and O–H groups in total. The number of anilines is 1. The minimum absolute atomic E-state index is 0.337. The van der Waals surface area contributed by atoms with E-state index in [0.29, 0.717) is 17.9 Å². The summed E-state index contributed by atoms with van der Waals surface area (Å²) in [6.45, 7) is 1.93. The van der Waals surface area contributed by atoms with E-state index in [1.807, 2.05) is 6.92 Å². The number of rotatable bonds is 3. The van der Waals surface area contributed by atoms with Gasteiger partial charge in [0.05, 0.1) is 12.7 Å². The summed E-state index contributed by atoms with van der Waals surface area (Å²) in [6, 6.07) is 5.48. The molecule has 6 nitrogen and oxygen atoms in total. The van der Waals surface area contributed by atoms with Crippen molar-refractivity contribution in [1.82, 2.24) is 14.8 Å². The number of hydrogen-bond acceptors (Lipinski definition) is 5. The topological polar surface area (TPSA) is 69.0 Å². The summed E-state index contributed by atoms with van der Waals surface area (Å²) >= 11 is 0. The lowest BCUT2D eigenvalue weighted by Gasteiger charge is -2.28. The van der Waals surface area contributed by atoms with Gasteiger partial charge in [-0.05, 0) is 24.1 Å². The van der Waals surface area contributed by atoms with Crippen molar-refractivity contribution in [3.8, 4) is 0 Å². The Balaban J connectivity index is 2.19. The summed E-state index contributed by atoms with van der Waals surface area (Å²) in [4.78, 5) is 16.4. The van der Waals surface area contributed by atoms with Gasteiger partial charge in [0.1, 0.15) is 18.2 Å². The van der Waals surface area contributed by atoms with Gasteiger partial charge in [0, 0.05) is 5.70 Å². The van der Waals surface area contributed by atoms with E-state index in [1.165, 1.54) is 25.6 Å². The second-order valence-electron chi connectivity index (χ2n) is 4.84. The molecule has 1 aliphatic rings. The molecule has 0 bridgehead atoms. The Hall–Kier alpha value is -2.70. The van der Waals surface area contributed by atoms with Gasteiger partial charge in [0.25, 0.3) is 0 Å². The Bertz CT molecular complexity index is 736. The van der Waals surface area contributed by atoms with E-state index in [-0.39, 0.29) is 5.82 Å². The van der Waals surface area contributed by atoms with Gasteiger partial charge in [-0.2, -0.15) is 10.1 Å². The monoisotopic (exact) mass is 302 g/mol. The molecule has 1 aliphatic heterocycles. The maximum Gasteiger partial charge on any atom is 0.338 e. The molecule has 0 radical (unpaired) electrons. The third-order valence-electron chi connectivity index (χ3n) is 3.62. The van der Waals surface area contributed by atoms with E-state index in [0.717, 1.165) is 11.3 Å². The number of methoxy groups -OCH3 is 1. The van der Waals surface area contributed by atoms with Crippen molar-refractivity contribution in [3.05, 3.63) is 53.2 Å². The number of esters is 1. The van der Waals surface area contributed by atoms with E-state index < -0.39 is 12.0 Å². The van der Waals surface area contributed by atoms with Gasteiger partial charge in [0.15, 0.2) is 0 Å². The number of benzene rings is 1. The van der Waals surface area contributed by atoms with Crippen molar-refractivity contribution >= 4 is 11.9 Å². The van der Waals surface area contributed by atoms with E-state index in [4.69, 9.17) is 4.74 Å². The van der Waals surface area contributed by atoms with Crippen LogP contribution in [0.3, 0.4) is 0 Å². The van der Waals surface area contributed by atoms with Crippen LogP contribution in [0.4, 0.5) is 10.3 Å². The highest BCUT2D eigenvalue weighted by Gasteiger charge is 2.34. The fourth-order valence-electron chi connectivity index (χ4n) is 2.59. The molecule has 2 aromatic rings. The molecule has 114 valence electrons. The van der Waals surface area contributed by atoms with E-state index in [2.05, 4.69) is 15.4 Å². The molecule has 0 saturated heterocycles. The zero-order chi connectivity index (χ0) is 15.7. The first-order chi connectivity index (χ1) is 10.7. The average Bonchev–Trinajstić information content (AvgIpc) is 3.01. The zero-order valence-corrected chi connectivity index (χ0v) is 12.2. The fourth-order valence-corrected chi connectivity index (χ4v) is 2.59. The van der Waals surface area contributed by atoms with Crippen molar-refractivity contribution in [3.63, 3.8) is 0 Å². The maximum atomic E-state index is 13.2. The number of carbonyl (C=O) groups excluding carboxylic acids is 1. The highest BCUT2D eigenvalue weighted by Crippen LogP contribution is 2.36. The normalized spacial score (nSPS) is 17.0. The van der Waals surface area contributed by atoms with Crippen LogP contribution in [-0.4, -0.2) is 27.8 Å². The van der Waals surface area contributed by atoms with E-state index in [9.17, 15) is 9.18 Å². The predicted molar refractivity (Wildman–Crippen MR) is 77.5 cm³/mol. The first-order valence-electron chi connectivity index (χ1n) is 6.89. The van der Waals surface area contributed by atoms with Gasteiger partial charge in [-0.1, -0.05) is 19.1 Å². The second kappa shape index (κ2) is 5.59. The SMILES string of the molecule is CCC1=C(C(=O)OC)C(c2ccc(F)cc2)n2ncnc2N1. The first kappa shape index (κ1) is 14.2. The Morgan fingerprint density at radius 1 is 1.41 bits per heavy atom. The zero-order valence-electron chi connectivity index (χ0n) is 12.2. The third kappa shape index (κ3) is 2.24. The molecule has 7 heteroatoms. The van der Waals surface area contributed by atoms with Crippen LogP contribution in [-0.2, 0) is 9.53 Å². The Morgan fingerprint density at radius 2 is 2.14 bits per heavy atom. The lowest BCUT2D eigenvalue weighted by atomic mass is 9.94. The van der Waals surface area contributed by atoms with Gasteiger partial charge in [-0.25, -0.2) is 13.9 Å². The number of aromatic nitrogens is 3. The number of nitrogens with zero attached hydrogens (tertiary/aromatic N) is 3. The summed E-state index contributed by atoms with van der Waals surface area (Å²) in [6.07, 6.45) is 2.02. The van der Waals surface area contributed by atoms with Crippen LogP contribution in [0.1, 0.15) is 24.9 Å². The van der Waals surface area contributed by atoms with Gasteiger partial charge in [-0.15, -0.1) is 0 Å². The molecule has 0 spiro atoms. The van der Waals surface area contributed by atoms with Crippen molar-refractivity contribution in [2.75, 3.05) is 12.4 Å². The second-order valence-corrected chi connectivity index (χ2v) is 4.84. The molecule has 1 aromatic carbocycles. The van der Waals surface area contributed by atoms with Gasteiger partial charge in [0.2, 0.25) is 5.95 Å². The molecule has 3 rings (SSSR count). The van der Waals surface area contributed by atoms with Gasteiger partial charge >= 0.3 is 5.97 Å². The standard InChI is InChI=1S/C15H15FN4O2/c1-3-11-12(14(21)22-2)13(9-4-6-10(16)7-5-9)20-15(19-11)17-8-18-20/h4-8,13H,3H2,1-2H3,(H,17,18,19). The molecule has 1 aromatic heterocycles. The molecule has 0 aliphatic carbocycles. The van der Waals surface area contributed by atoms with Gasteiger partial charge in [-0.3, -0.25) is 0 Å². The van der Waals surface area contributed by atoms with Gasteiger partial charge < -0.3 is 10.1 Å². The quantitative estimate of drug-likeness (QED) is 0.881. The average molecular weight is 302 g/mol. The molecule has 0 saturated carbocycles. The van der Waals surface area contributed by atoms with Crippen LogP contribution in [0, 0.1) is 5.82 Å². The van der Waals surface area contributed by atoms with Crippen LogP contribution in [0.25, 0.3) is 0 Å². The smallest absolute Gasteiger partial charge is 0.338 e. The van der Waals surface area contributed by atoms with Crippen LogP contribution in [0.15, 0.2) is 41.9 Å².